The summed E-state index contributed by atoms with van der Waals surface area (Å²) < 4.78 is 56.6. The molecule has 0 bridgehead atoms. The van der Waals surface area contributed by atoms with Crippen molar-refractivity contribution in [3.8, 4) is 0 Å². The number of hydrogen-bond acceptors (Lipinski definition) is 2. The number of nitrogens with two attached hydrogens (primary N) is 1. The molecule has 1 aromatic carbocycles. The molecule has 1 fully saturated rings. The van der Waals surface area contributed by atoms with Gasteiger partial charge in [0, 0.05) is 0 Å². The third-order valence-corrected chi connectivity index (χ3v) is 3.35. The van der Waals surface area contributed by atoms with Crippen LogP contribution in [0.4, 0.5) is 17.6 Å². The lowest BCUT2D eigenvalue weighted by molar-refractivity contribution is -0.140. The van der Waals surface area contributed by atoms with E-state index in [0.29, 0.717) is 6.42 Å². The Morgan fingerprint density at radius 1 is 1.32 bits per heavy atom. The van der Waals surface area contributed by atoms with E-state index in [-0.39, 0.29) is 17.8 Å². The van der Waals surface area contributed by atoms with Crippen LogP contribution in [0.1, 0.15) is 36.9 Å². The lowest BCUT2D eigenvalue weighted by atomic mass is 9.98. The largest absolute Gasteiger partial charge is 0.419 e. The van der Waals surface area contributed by atoms with Gasteiger partial charge in [0.1, 0.15) is 5.82 Å². The minimum atomic E-state index is -4.72. The number of alkyl halides is 3. The Hall–Kier alpha value is -1.14. The number of ether oxygens (including phenoxy) is 1. The summed E-state index contributed by atoms with van der Waals surface area (Å²) in [5.41, 5.74) is 4.87. The van der Waals surface area contributed by atoms with Gasteiger partial charge >= 0.3 is 6.18 Å². The van der Waals surface area contributed by atoms with E-state index in [2.05, 4.69) is 0 Å². The fraction of sp³-hybridized carbons (Fsp3) is 0.538. The Kier molecular flexibility index (Phi) is 3.82. The van der Waals surface area contributed by atoms with E-state index in [9.17, 15) is 17.6 Å². The molecule has 2 rings (SSSR count). The highest BCUT2D eigenvalue weighted by molar-refractivity contribution is 5.30. The van der Waals surface area contributed by atoms with Gasteiger partial charge < -0.3 is 10.5 Å². The second-order valence-electron chi connectivity index (χ2n) is 4.83. The molecule has 0 radical (unpaired) electrons. The van der Waals surface area contributed by atoms with E-state index < -0.39 is 23.6 Å². The van der Waals surface area contributed by atoms with Crippen LogP contribution in [0, 0.1) is 5.82 Å². The van der Waals surface area contributed by atoms with Crippen molar-refractivity contribution in [3.05, 3.63) is 35.1 Å². The van der Waals surface area contributed by atoms with E-state index in [1.807, 2.05) is 6.92 Å². The van der Waals surface area contributed by atoms with Crippen molar-refractivity contribution >= 4 is 0 Å². The predicted octanol–water partition coefficient (Wildman–Crippen LogP) is 3.41. The Morgan fingerprint density at radius 3 is 2.53 bits per heavy atom. The van der Waals surface area contributed by atoms with Crippen LogP contribution in [-0.4, -0.2) is 12.2 Å². The highest BCUT2D eigenvalue weighted by Gasteiger charge is 2.35. The Morgan fingerprint density at radius 2 is 2.00 bits per heavy atom. The van der Waals surface area contributed by atoms with Crippen molar-refractivity contribution in [2.75, 3.05) is 0 Å². The average Bonchev–Trinajstić information content (AvgIpc) is 2.74. The summed E-state index contributed by atoms with van der Waals surface area (Å²) in [6.45, 7) is 1.89. The van der Waals surface area contributed by atoms with Gasteiger partial charge in [0.25, 0.3) is 0 Å². The molecular formula is C13H15F4NO. The highest BCUT2D eigenvalue weighted by Crippen LogP contribution is 2.35. The first kappa shape index (κ1) is 14.3. The van der Waals surface area contributed by atoms with Crippen LogP contribution >= 0.6 is 0 Å². The molecule has 1 heterocycles. The van der Waals surface area contributed by atoms with Gasteiger partial charge in [0.2, 0.25) is 0 Å². The first-order valence-electron chi connectivity index (χ1n) is 6.06. The van der Waals surface area contributed by atoms with Crippen LogP contribution in [-0.2, 0) is 10.9 Å². The fourth-order valence-electron chi connectivity index (χ4n) is 2.28. The summed E-state index contributed by atoms with van der Waals surface area (Å²) in [6.07, 6.45) is -3.46. The minimum absolute atomic E-state index is 0.0542. The monoisotopic (exact) mass is 277 g/mol. The van der Waals surface area contributed by atoms with Gasteiger partial charge in [-0.05, 0) is 37.5 Å². The Labute approximate surface area is 108 Å². The normalized spacial score (nSPS) is 25.6. The molecule has 1 aromatic rings. The lowest BCUT2D eigenvalue weighted by Gasteiger charge is -2.21. The zero-order valence-corrected chi connectivity index (χ0v) is 10.4. The van der Waals surface area contributed by atoms with Crippen LogP contribution in [0.15, 0.2) is 18.2 Å². The molecule has 0 amide bonds. The van der Waals surface area contributed by atoms with Crippen LogP contribution in [0.3, 0.4) is 0 Å². The van der Waals surface area contributed by atoms with Gasteiger partial charge in [0.05, 0.1) is 23.8 Å². The first-order chi connectivity index (χ1) is 8.79. The van der Waals surface area contributed by atoms with Crippen molar-refractivity contribution in [3.63, 3.8) is 0 Å². The topological polar surface area (TPSA) is 35.2 Å². The Balaban J connectivity index is 2.26. The second kappa shape index (κ2) is 5.09. The molecule has 0 saturated carbocycles. The second-order valence-corrected chi connectivity index (χ2v) is 4.83. The van der Waals surface area contributed by atoms with Crippen LogP contribution < -0.4 is 5.73 Å². The molecule has 1 saturated heterocycles. The van der Waals surface area contributed by atoms with Crippen LogP contribution in [0.2, 0.25) is 0 Å². The number of benzene rings is 1. The minimum Gasteiger partial charge on any atom is -0.373 e. The molecule has 0 aliphatic carbocycles. The quantitative estimate of drug-likeness (QED) is 0.841. The van der Waals surface area contributed by atoms with Crippen molar-refractivity contribution in [2.45, 2.75) is 44.2 Å². The van der Waals surface area contributed by atoms with Gasteiger partial charge in [0.15, 0.2) is 0 Å². The molecule has 3 unspecified atom stereocenters. The van der Waals surface area contributed by atoms with E-state index in [1.54, 1.807) is 0 Å². The molecule has 3 atom stereocenters. The molecule has 1 aliphatic heterocycles. The molecule has 19 heavy (non-hydrogen) atoms. The molecule has 0 spiro atoms. The molecular weight excluding hydrogens is 262 g/mol. The van der Waals surface area contributed by atoms with Gasteiger partial charge in [-0.1, -0.05) is 6.07 Å². The molecule has 6 heteroatoms. The maximum Gasteiger partial charge on any atom is 0.419 e. The third-order valence-electron chi connectivity index (χ3n) is 3.35. The Bertz CT molecular complexity index is 460. The molecule has 2 nitrogen and oxygen atoms in total. The van der Waals surface area contributed by atoms with Crippen molar-refractivity contribution in [1.82, 2.24) is 0 Å². The lowest BCUT2D eigenvalue weighted by Crippen LogP contribution is -2.26. The van der Waals surface area contributed by atoms with Gasteiger partial charge in [-0.3, -0.25) is 0 Å². The zero-order valence-electron chi connectivity index (χ0n) is 10.4. The molecule has 2 N–H and O–H groups in total. The average molecular weight is 277 g/mol. The smallest absolute Gasteiger partial charge is 0.373 e. The molecule has 106 valence electrons. The number of halogens is 4. The summed E-state index contributed by atoms with van der Waals surface area (Å²) in [5, 5.41) is 0. The number of rotatable bonds is 2. The van der Waals surface area contributed by atoms with Crippen molar-refractivity contribution in [2.24, 2.45) is 5.73 Å². The van der Waals surface area contributed by atoms with E-state index in [0.717, 1.165) is 18.6 Å². The zero-order chi connectivity index (χ0) is 14.2. The van der Waals surface area contributed by atoms with Gasteiger partial charge in [-0.15, -0.1) is 0 Å². The SMILES string of the molecule is CC1CCC(C(N)c2ccc(F)c(C(F)(F)F)c2)O1. The van der Waals surface area contributed by atoms with E-state index in [4.69, 9.17) is 10.5 Å². The number of hydrogen-bond donors (Lipinski definition) is 1. The van der Waals surface area contributed by atoms with E-state index >= 15 is 0 Å². The summed E-state index contributed by atoms with van der Waals surface area (Å²) >= 11 is 0. The predicted molar refractivity (Wildman–Crippen MR) is 61.9 cm³/mol. The highest BCUT2D eigenvalue weighted by atomic mass is 19.4. The first-order valence-corrected chi connectivity index (χ1v) is 6.06. The summed E-state index contributed by atoms with van der Waals surface area (Å²) in [6, 6.07) is 2.18. The fourth-order valence-corrected chi connectivity index (χ4v) is 2.28. The maximum atomic E-state index is 13.2. The van der Waals surface area contributed by atoms with Gasteiger partial charge in [-0.2, -0.15) is 13.2 Å². The maximum absolute atomic E-state index is 13.2. The third kappa shape index (κ3) is 3.06. The summed E-state index contributed by atoms with van der Waals surface area (Å²) in [4.78, 5) is 0. The summed E-state index contributed by atoms with van der Waals surface area (Å²) in [7, 11) is 0. The molecule has 1 aliphatic rings. The van der Waals surface area contributed by atoms with Crippen LogP contribution in [0.25, 0.3) is 0 Å². The summed E-state index contributed by atoms with van der Waals surface area (Å²) in [5.74, 6) is -1.29. The standard InChI is InChI=1S/C13H15F4NO/c1-7-2-5-11(19-7)12(18)8-3-4-10(14)9(6-8)13(15,16)17/h3-4,6-7,11-12H,2,5,18H2,1H3. The van der Waals surface area contributed by atoms with Crippen molar-refractivity contribution in [1.29, 1.82) is 0 Å². The van der Waals surface area contributed by atoms with Gasteiger partial charge in [-0.25, -0.2) is 4.39 Å². The molecule has 0 aromatic heterocycles. The van der Waals surface area contributed by atoms with Crippen molar-refractivity contribution < 1.29 is 22.3 Å². The van der Waals surface area contributed by atoms with E-state index in [1.165, 1.54) is 6.07 Å². The van der Waals surface area contributed by atoms with Crippen LogP contribution in [0.5, 0.6) is 0 Å².